The van der Waals surface area contributed by atoms with Crippen molar-refractivity contribution in [1.29, 1.82) is 0 Å². The fourth-order valence-corrected chi connectivity index (χ4v) is 2.47. The highest BCUT2D eigenvalue weighted by Gasteiger charge is 2.12. The summed E-state index contributed by atoms with van der Waals surface area (Å²) >= 11 is 0. The first kappa shape index (κ1) is 16.9. The van der Waals surface area contributed by atoms with Crippen molar-refractivity contribution in [2.24, 2.45) is 5.10 Å². The van der Waals surface area contributed by atoms with Crippen molar-refractivity contribution < 1.29 is 4.74 Å². The summed E-state index contributed by atoms with van der Waals surface area (Å²) in [6.07, 6.45) is 0.761. The van der Waals surface area contributed by atoms with E-state index in [4.69, 9.17) is 4.74 Å². The zero-order valence-electron chi connectivity index (χ0n) is 14.7. The minimum Gasteiger partial charge on any atom is -0.485 e. The molecule has 0 amide bonds. The first-order chi connectivity index (χ1) is 12.1. The third-order valence-corrected chi connectivity index (χ3v) is 4.05. The lowest BCUT2D eigenvalue weighted by Crippen LogP contribution is -2.24. The molecule has 3 rings (SSSR count). The predicted molar refractivity (Wildman–Crippen MR) is 100 cm³/mol. The maximum atomic E-state index is 12.8. The minimum absolute atomic E-state index is 0.172. The van der Waals surface area contributed by atoms with Gasteiger partial charge in [0.25, 0.3) is 5.56 Å². The molecule has 25 heavy (non-hydrogen) atoms. The second kappa shape index (κ2) is 7.30. The zero-order chi connectivity index (χ0) is 17.8. The molecule has 0 saturated carbocycles. The molecule has 0 aliphatic carbocycles. The fraction of sp³-hybridized carbons (Fsp3) is 0.250. The largest absolute Gasteiger partial charge is 0.485 e. The Hall–Kier alpha value is -2.95. The van der Waals surface area contributed by atoms with Gasteiger partial charge in [0.15, 0.2) is 5.82 Å². The maximum absolute atomic E-state index is 12.8. The van der Waals surface area contributed by atoms with Gasteiger partial charge in [-0.3, -0.25) is 4.79 Å². The lowest BCUT2D eigenvalue weighted by molar-refractivity contribution is 0.287. The van der Waals surface area contributed by atoms with Gasteiger partial charge in [-0.15, -0.1) is 0 Å². The number of aromatic nitrogens is 2. The average Bonchev–Trinajstić information content (AvgIpc) is 2.63. The quantitative estimate of drug-likeness (QED) is 0.664. The van der Waals surface area contributed by atoms with E-state index < -0.39 is 0 Å². The third kappa shape index (κ3) is 3.60. The van der Waals surface area contributed by atoms with Crippen LogP contribution in [0.5, 0.6) is 5.75 Å². The Morgan fingerprint density at radius 3 is 2.64 bits per heavy atom. The molecule has 0 unspecified atom stereocenters. The van der Waals surface area contributed by atoms with Crippen LogP contribution in [0.25, 0.3) is 10.9 Å². The predicted octanol–water partition coefficient (Wildman–Crippen LogP) is 3.92. The SMILES string of the molecule is CCC(C)=Nn1c(COc2ccccc2C)nc2ccccc2c1=O. The van der Waals surface area contributed by atoms with Crippen molar-refractivity contribution in [2.75, 3.05) is 0 Å². The number of nitrogens with zero attached hydrogens (tertiary/aromatic N) is 3. The van der Waals surface area contributed by atoms with Crippen LogP contribution in [0.15, 0.2) is 58.4 Å². The van der Waals surface area contributed by atoms with E-state index in [-0.39, 0.29) is 12.2 Å². The summed E-state index contributed by atoms with van der Waals surface area (Å²) in [4.78, 5) is 17.4. The number of aryl methyl sites for hydroxylation is 1. The zero-order valence-corrected chi connectivity index (χ0v) is 14.7. The van der Waals surface area contributed by atoms with Gasteiger partial charge in [-0.05, 0) is 44.0 Å². The Morgan fingerprint density at radius 1 is 1.16 bits per heavy atom. The van der Waals surface area contributed by atoms with Crippen molar-refractivity contribution in [3.63, 3.8) is 0 Å². The topological polar surface area (TPSA) is 56.5 Å². The average molecular weight is 335 g/mol. The van der Waals surface area contributed by atoms with Gasteiger partial charge in [0.05, 0.1) is 10.9 Å². The second-order valence-corrected chi connectivity index (χ2v) is 5.91. The lowest BCUT2D eigenvalue weighted by Gasteiger charge is -2.12. The third-order valence-electron chi connectivity index (χ3n) is 4.05. The van der Waals surface area contributed by atoms with E-state index in [1.54, 1.807) is 6.07 Å². The van der Waals surface area contributed by atoms with Crippen LogP contribution in [0.3, 0.4) is 0 Å². The van der Waals surface area contributed by atoms with Crippen LogP contribution in [0, 0.1) is 6.92 Å². The summed E-state index contributed by atoms with van der Waals surface area (Å²) in [7, 11) is 0. The summed E-state index contributed by atoms with van der Waals surface area (Å²) < 4.78 is 7.25. The number of hydrogen-bond donors (Lipinski definition) is 0. The Morgan fingerprint density at radius 2 is 1.88 bits per heavy atom. The number of para-hydroxylation sites is 2. The van der Waals surface area contributed by atoms with E-state index in [1.165, 1.54) is 4.68 Å². The number of hydrogen-bond acceptors (Lipinski definition) is 4. The van der Waals surface area contributed by atoms with Crippen LogP contribution in [-0.4, -0.2) is 15.4 Å². The van der Waals surface area contributed by atoms with Crippen LogP contribution in [0.2, 0.25) is 0 Å². The molecule has 1 heterocycles. The molecule has 1 aromatic heterocycles. The van der Waals surface area contributed by atoms with E-state index in [0.717, 1.165) is 23.4 Å². The van der Waals surface area contributed by atoms with Crippen LogP contribution in [0.4, 0.5) is 0 Å². The molecule has 0 fully saturated rings. The van der Waals surface area contributed by atoms with Crippen LogP contribution >= 0.6 is 0 Å². The molecule has 0 bridgehead atoms. The van der Waals surface area contributed by atoms with Crippen molar-refractivity contribution in [1.82, 2.24) is 9.66 Å². The van der Waals surface area contributed by atoms with Crippen molar-refractivity contribution in [2.45, 2.75) is 33.8 Å². The molecular weight excluding hydrogens is 314 g/mol. The molecule has 0 aliphatic heterocycles. The normalized spacial score (nSPS) is 11.7. The molecule has 5 heteroatoms. The van der Waals surface area contributed by atoms with Crippen molar-refractivity contribution >= 4 is 16.6 Å². The second-order valence-electron chi connectivity index (χ2n) is 5.91. The molecule has 0 N–H and O–H groups in total. The Bertz CT molecular complexity index is 990. The molecular formula is C20H21N3O2. The number of rotatable bonds is 5. The Balaban J connectivity index is 2.07. The van der Waals surface area contributed by atoms with Gasteiger partial charge in [0, 0.05) is 5.71 Å². The van der Waals surface area contributed by atoms with Crippen molar-refractivity contribution in [3.8, 4) is 5.75 Å². The Kier molecular flexibility index (Phi) is 4.93. The van der Waals surface area contributed by atoms with E-state index in [2.05, 4.69) is 10.1 Å². The molecule has 3 aromatic rings. The van der Waals surface area contributed by atoms with Gasteiger partial charge in [-0.1, -0.05) is 37.3 Å². The highest BCUT2D eigenvalue weighted by Crippen LogP contribution is 2.18. The standard InChI is InChI=1S/C20H21N3O2/c1-4-15(3)22-23-19(13-25-18-12-8-5-9-14(18)2)21-17-11-7-6-10-16(17)20(23)24/h5-12H,4,13H2,1-3H3. The number of benzene rings is 2. The first-order valence-corrected chi connectivity index (χ1v) is 8.33. The highest BCUT2D eigenvalue weighted by atomic mass is 16.5. The molecule has 0 aliphatic rings. The van der Waals surface area contributed by atoms with E-state index in [9.17, 15) is 4.79 Å². The summed E-state index contributed by atoms with van der Waals surface area (Å²) in [6.45, 7) is 6.05. The summed E-state index contributed by atoms with van der Waals surface area (Å²) in [5.74, 6) is 1.26. The smallest absolute Gasteiger partial charge is 0.282 e. The summed E-state index contributed by atoms with van der Waals surface area (Å²) in [5.41, 5.74) is 2.36. The summed E-state index contributed by atoms with van der Waals surface area (Å²) in [6, 6.07) is 15.1. The summed E-state index contributed by atoms with van der Waals surface area (Å²) in [5, 5.41) is 4.99. The Labute approximate surface area is 146 Å². The van der Waals surface area contributed by atoms with Gasteiger partial charge >= 0.3 is 0 Å². The minimum atomic E-state index is -0.179. The van der Waals surface area contributed by atoms with Crippen LogP contribution in [-0.2, 0) is 6.61 Å². The van der Waals surface area contributed by atoms with E-state index >= 15 is 0 Å². The van der Waals surface area contributed by atoms with Gasteiger partial charge in [0.1, 0.15) is 12.4 Å². The molecule has 2 aromatic carbocycles. The van der Waals surface area contributed by atoms with Gasteiger partial charge in [-0.2, -0.15) is 9.78 Å². The highest BCUT2D eigenvalue weighted by molar-refractivity contribution is 5.82. The molecule has 0 spiro atoms. The van der Waals surface area contributed by atoms with E-state index in [0.29, 0.717) is 16.7 Å². The van der Waals surface area contributed by atoms with Crippen LogP contribution < -0.4 is 10.3 Å². The van der Waals surface area contributed by atoms with Gasteiger partial charge in [-0.25, -0.2) is 4.98 Å². The molecule has 5 nitrogen and oxygen atoms in total. The van der Waals surface area contributed by atoms with E-state index in [1.807, 2.05) is 63.2 Å². The first-order valence-electron chi connectivity index (χ1n) is 8.33. The number of ether oxygens (including phenoxy) is 1. The molecule has 0 atom stereocenters. The molecule has 0 radical (unpaired) electrons. The number of fused-ring (bicyclic) bond motifs is 1. The van der Waals surface area contributed by atoms with Gasteiger partial charge in [0.2, 0.25) is 0 Å². The lowest BCUT2D eigenvalue weighted by atomic mass is 10.2. The maximum Gasteiger partial charge on any atom is 0.282 e. The van der Waals surface area contributed by atoms with Crippen LogP contribution in [0.1, 0.15) is 31.7 Å². The monoisotopic (exact) mass is 335 g/mol. The fourth-order valence-electron chi connectivity index (χ4n) is 2.47. The van der Waals surface area contributed by atoms with Gasteiger partial charge < -0.3 is 4.74 Å². The molecule has 128 valence electrons. The van der Waals surface area contributed by atoms with Crippen molar-refractivity contribution in [3.05, 3.63) is 70.3 Å². The molecule has 0 saturated heterocycles.